The molecule has 2 atom stereocenters. The molecule has 1 aromatic heterocycles. The standard InChI is InChI=1S/C20H19ClN2O2S/c21-16-8-6-15(7-9-16)19(14-4-2-1-3-5-14)20(25)23-17(12-24)10-18-11-22-13-26-18/h1-9,11,13,17,19,24H,10,12H2,(H,23,25). The van der Waals surface area contributed by atoms with Crippen LogP contribution in [-0.2, 0) is 11.2 Å². The SMILES string of the molecule is O=C(NC(CO)Cc1cncs1)C(c1ccccc1)c1ccc(Cl)cc1. The van der Waals surface area contributed by atoms with Crippen LogP contribution in [0.5, 0.6) is 0 Å². The molecule has 0 bridgehead atoms. The largest absolute Gasteiger partial charge is 0.394 e. The molecule has 2 unspecified atom stereocenters. The van der Waals surface area contributed by atoms with Crippen LogP contribution in [0.15, 0.2) is 66.3 Å². The Balaban J connectivity index is 1.83. The number of hydrogen-bond donors (Lipinski definition) is 2. The Morgan fingerprint density at radius 2 is 1.81 bits per heavy atom. The van der Waals surface area contributed by atoms with Gasteiger partial charge in [0.15, 0.2) is 0 Å². The van der Waals surface area contributed by atoms with Gasteiger partial charge in [-0.25, -0.2) is 0 Å². The van der Waals surface area contributed by atoms with Gasteiger partial charge in [0.1, 0.15) is 0 Å². The van der Waals surface area contributed by atoms with Crippen molar-refractivity contribution in [1.82, 2.24) is 10.3 Å². The second kappa shape index (κ2) is 8.94. The van der Waals surface area contributed by atoms with E-state index in [4.69, 9.17) is 11.6 Å². The molecule has 1 amide bonds. The summed E-state index contributed by atoms with van der Waals surface area (Å²) in [5, 5.41) is 13.3. The van der Waals surface area contributed by atoms with E-state index in [1.165, 1.54) is 11.3 Å². The molecule has 2 aromatic carbocycles. The molecule has 0 spiro atoms. The van der Waals surface area contributed by atoms with Crippen molar-refractivity contribution in [2.24, 2.45) is 0 Å². The topological polar surface area (TPSA) is 62.2 Å². The lowest BCUT2D eigenvalue weighted by atomic mass is 9.90. The quantitative estimate of drug-likeness (QED) is 0.651. The van der Waals surface area contributed by atoms with Gasteiger partial charge in [0, 0.05) is 22.5 Å². The minimum absolute atomic E-state index is 0.133. The van der Waals surface area contributed by atoms with Gasteiger partial charge in [0.25, 0.3) is 0 Å². The van der Waals surface area contributed by atoms with Crippen LogP contribution in [0, 0.1) is 0 Å². The van der Waals surface area contributed by atoms with Crippen LogP contribution in [0.1, 0.15) is 21.9 Å². The van der Waals surface area contributed by atoms with Crippen LogP contribution in [-0.4, -0.2) is 28.6 Å². The summed E-state index contributed by atoms with van der Waals surface area (Å²) in [6, 6.07) is 16.5. The second-order valence-corrected chi connectivity index (χ2v) is 7.36. The third-order valence-corrected chi connectivity index (χ3v) is 5.15. The predicted molar refractivity (Wildman–Crippen MR) is 105 cm³/mol. The number of nitrogens with one attached hydrogen (secondary N) is 1. The highest BCUT2D eigenvalue weighted by atomic mass is 35.5. The molecule has 0 saturated heterocycles. The van der Waals surface area contributed by atoms with Crippen LogP contribution in [0.2, 0.25) is 5.02 Å². The third-order valence-electron chi connectivity index (χ3n) is 4.10. The molecule has 0 aliphatic carbocycles. The molecule has 134 valence electrons. The number of aliphatic hydroxyl groups is 1. The highest BCUT2D eigenvalue weighted by Gasteiger charge is 2.25. The number of rotatable bonds is 7. The molecule has 6 heteroatoms. The van der Waals surface area contributed by atoms with E-state index in [-0.39, 0.29) is 18.6 Å². The van der Waals surface area contributed by atoms with E-state index < -0.39 is 5.92 Å². The number of aromatic nitrogens is 1. The van der Waals surface area contributed by atoms with E-state index in [9.17, 15) is 9.90 Å². The molecule has 3 rings (SSSR count). The molecule has 3 aromatic rings. The number of carbonyl (C=O) groups excluding carboxylic acids is 1. The normalized spacial score (nSPS) is 13.2. The second-order valence-electron chi connectivity index (χ2n) is 5.96. The van der Waals surface area contributed by atoms with E-state index in [1.807, 2.05) is 42.5 Å². The minimum Gasteiger partial charge on any atom is -0.394 e. The number of hydrogen-bond acceptors (Lipinski definition) is 4. The van der Waals surface area contributed by atoms with Gasteiger partial charge in [-0.2, -0.15) is 0 Å². The Kier molecular flexibility index (Phi) is 6.39. The van der Waals surface area contributed by atoms with Crippen molar-refractivity contribution in [2.75, 3.05) is 6.61 Å². The van der Waals surface area contributed by atoms with Gasteiger partial charge in [-0.3, -0.25) is 9.78 Å². The molecule has 0 saturated carbocycles. The molecule has 26 heavy (non-hydrogen) atoms. The highest BCUT2D eigenvalue weighted by Crippen LogP contribution is 2.26. The first kappa shape index (κ1) is 18.6. The fraction of sp³-hybridized carbons (Fsp3) is 0.200. The van der Waals surface area contributed by atoms with E-state index in [0.29, 0.717) is 11.4 Å². The fourth-order valence-electron chi connectivity index (χ4n) is 2.83. The average molecular weight is 387 g/mol. The van der Waals surface area contributed by atoms with Crippen molar-refractivity contribution in [1.29, 1.82) is 0 Å². The molecular weight excluding hydrogens is 368 g/mol. The summed E-state index contributed by atoms with van der Waals surface area (Å²) in [7, 11) is 0. The summed E-state index contributed by atoms with van der Waals surface area (Å²) in [4.78, 5) is 18.1. The fourth-order valence-corrected chi connectivity index (χ4v) is 3.63. The Morgan fingerprint density at radius 3 is 2.42 bits per heavy atom. The maximum absolute atomic E-state index is 13.1. The first-order valence-electron chi connectivity index (χ1n) is 8.26. The number of nitrogens with zero attached hydrogens (tertiary/aromatic N) is 1. The maximum atomic E-state index is 13.1. The number of aliphatic hydroxyl groups excluding tert-OH is 1. The third kappa shape index (κ3) is 4.69. The summed E-state index contributed by atoms with van der Waals surface area (Å²) in [6.45, 7) is -0.133. The van der Waals surface area contributed by atoms with Crippen molar-refractivity contribution >= 4 is 28.8 Å². The smallest absolute Gasteiger partial charge is 0.232 e. The van der Waals surface area contributed by atoms with Crippen LogP contribution >= 0.6 is 22.9 Å². The predicted octanol–water partition coefficient (Wildman–Crippen LogP) is 3.65. The van der Waals surface area contributed by atoms with Crippen LogP contribution in [0.25, 0.3) is 0 Å². The number of halogens is 1. The summed E-state index contributed by atoms with van der Waals surface area (Å²) < 4.78 is 0. The Labute approximate surface area is 161 Å². The Morgan fingerprint density at radius 1 is 1.12 bits per heavy atom. The summed E-state index contributed by atoms with van der Waals surface area (Å²) in [5.74, 6) is -0.619. The van der Waals surface area contributed by atoms with Gasteiger partial charge in [-0.15, -0.1) is 11.3 Å². The molecule has 0 radical (unpaired) electrons. The van der Waals surface area contributed by atoms with Gasteiger partial charge in [-0.1, -0.05) is 54.1 Å². The number of amides is 1. The number of thiazole rings is 1. The minimum atomic E-state index is -0.469. The molecule has 2 N–H and O–H groups in total. The van der Waals surface area contributed by atoms with Crippen molar-refractivity contribution in [3.63, 3.8) is 0 Å². The molecule has 1 heterocycles. The van der Waals surface area contributed by atoms with E-state index >= 15 is 0 Å². The summed E-state index contributed by atoms with van der Waals surface area (Å²) in [5.41, 5.74) is 3.49. The Bertz CT molecular complexity index is 823. The lowest BCUT2D eigenvalue weighted by Gasteiger charge is -2.22. The van der Waals surface area contributed by atoms with Crippen molar-refractivity contribution in [2.45, 2.75) is 18.4 Å². The maximum Gasteiger partial charge on any atom is 0.232 e. The van der Waals surface area contributed by atoms with E-state index in [2.05, 4.69) is 10.3 Å². The van der Waals surface area contributed by atoms with E-state index in [0.717, 1.165) is 16.0 Å². The number of carbonyl (C=O) groups is 1. The molecule has 4 nitrogen and oxygen atoms in total. The zero-order chi connectivity index (χ0) is 18.4. The van der Waals surface area contributed by atoms with Gasteiger partial charge in [-0.05, 0) is 23.3 Å². The monoisotopic (exact) mass is 386 g/mol. The molecular formula is C20H19ClN2O2S. The van der Waals surface area contributed by atoms with Gasteiger partial charge < -0.3 is 10.4 Å². The van der Waals surface area contributed by atoms with Crippen molar-refractivity contribution < 1.29 is 9.90 Å². The van der Waals surface area contributed by atoms with Crippen LogP contribution < -0.4 is 5.32 Å². The Hall–Kier alpha value is -2.21. The number of benzene rings is 2. The average Bonchev–Trinajstić information content (AvgIpc) is 3.17. The van der Waals surface area contributed by atoms with Crippen molar-refractivity contribution in [3.8, 4) is 0 Å². The lowest BCUT2D eigenvalue weighted by Crippen LogP contribution is -2.41. The van der Waals surface area contributed by atoms with Gasteiger partial charge >= 0.3 is 0 Å². The van der Waals surface area contributed by atoms with Gasteiger partial charge in [0.05, 0.1) is 24.1 Å². The van der Waals surface area contributed by atoms with E-state index in [1.54, 1.807) is 23.8 Å². The summed E-state index contributed by atoms with van der Waals surface area (Å²) >= 11 is 7.50. The van der Waals surface area contributed by atoms with Crippen LogP contribution in [0.3, 0.4) is 0 Å². The van der Waals surface area contributed by atoms with Gasteiger partial charge in [0.2, 0.25) is 5.91 Å². The highest BCUT2D eigenvalue weighted by molar-refractivity contribution is 7.09. The first-order valence-corrected chi connectivity index (χ1v) is 9.52. The molecule has 0 aliphatic rings. The first-order chi connectivity index (χ1) is 12.7. The van der Waals surface area contributed by atoms with Crippen molar-refractivity contribution in [3.05, 3.63) is 87.3 Å². The van der Waals surface area contributed by atoms with Crippen LogP contribution in [0.4, 0.5) is 0 Å². The molecule has 0 aliphatic heterocycles. The summed E-state index contributed by atoms with van der Waals surface area (Å²) in [6.07, 6.45) is 2.31. The lowest BCUT2D eigenvalue weighted by molar-refractivity contribution is -0.122. The molecule has 0 fully saturated rings. The zero-order valence-corrected chi connectivity index (χ0v) is 15.6. The zero-order valence-electron chi connectivity index (χ0n) is 14.0.